The molecule has 1 saturated heterocycles. The number of aromatic nitrogens is 2. The van der Waals surface area contributed by atoms with E-state index in [1.807, 2.05) is 30.1 Å². The Bertz CT molecular complexity index is 959. The summed E-state index contributed by atoms with van der Waals surface area (Å²) >= 11 is 1.71. The molecule has 0 radical (unpaired) electrons. The molecule has 1 amide bonds. The van der Waals surface area contributed by atoms with Crippen LogP contribution in [0.3, 0.4) is 0 Å². The van der Waals surface area contributed by atoms with Gasteiger partial charge in [0.25, 0.3) is 5.91 Å². The molecule has 0 spiro atoms. The van der Waals surface area contributed by atoms with Crippen LogP contribution in [0.2, 0.25) is 0 Å². The second-order valence-corrected chi connectivity index (χ2v) is 7.78. The molecule has 3 aromatic rings. The van der Waals surface area contributed by atoms with Gasteiger partial charge >= 0.3 is 0 Å². The standard InChI is InChI=1S/C21H23N3O2S/c1-15-3-5-16(6-4-15)14-27-21-22-18-8-7-17(13-19(18)23(21)2)20(25)24-9-11-26-12-10-24/h3-8,13H,9-12,14H2,1-2H3. The van der Waals surface area contributed by atoms with Crippen LogP contribution in [-0.4, -0.2) is 46.7 Å². The van der Waals surface area contributed by atoms with Gasteiger partial charge in [-0.05, 0) is 30.7 Å². The number of carbonyl (C=O) groups excluding carboxylic acids is 1. The molecular formula is C21H23N3O2S. The number of hydrogen-bond donors (Lipinski definition) is 0. The number of ether oxygens (including phenoxy) is 1. The second-order valence-electron chi connectivity index (χ2n) is 6.84. The van der Waals surface area contributed by atoms with Gasteiger partial charge in [-0.3, -0.25) is 4.79 Å². The lowest BCUT2D eigenvalue weighted by atomic mass is 10.1. The minimum Gasteiger partial charge on any atom is -0.378 e. The average molecular weight is 382 g/mol. The van der Waals surface area contributed by atoms with Crippen LogP contribution in [0, 0.1) is 6.92 Å². The van der Waals surface area contributed by atoms with Gasteiger partial charge in [0, 0.05) is 31.5 Å². The van der Waals surface area contributed by atoms with Crippen LogP contribution in [-0.2, 0) is 17.5 Å². The third kappa shape index (κ3) is 3.87. The Kier molecular flexibility index (Phi) is 5.18. The van der Waals surface area contributed by atoms with Crippen molar-refractivity contribution in [1.29, 1.82) is 0 Å². The monoisotopic (exact) mass is 381 g/mol. The van der Waals surface area contributed by atoms with Gasteiger partial charge in [0.1, 0.15) is 0 Å². The van der Waals surface area contributed by atoms with Gasteiger partial charge in [-0.2, -0.15) is 0 Å². The fourth-order valence-corrected chi connectivity index (χ4v) is 4.15. The van der Waals surface area contributed by atoms with Gasteiger partial charge in [0.05, 0.1) is 24.2 Å². The van der Waals surface area contributed by atoms with Gasteiger partial charge in [0.15, 0.2) is 5.16 Å². The Morgan fingerprint density at radius 1 is 1.15 bits per heavy atom. The smallest absolute Gasteiger partial charge is 0.254 e. The minimum atomic E-state index is 0.0651. The third-order valence-electron chi connectivity index (χ3n) is 4.87. The van der Waals surface area contributed by atoms with Crippen molar-refractivity contribution >= 4 is 28.7 Å². The molecule has 6 heteroatoms. The lowest BCUT2D eigenvalue weighted by Crippen LogP contribution is -2.40. The number of benzene rings is 2. The topological polar surface area (TPSA) is 47.4 Å². The summed E-state index contributed by atoms with van der Waals surface area (Å²) in [5, 5.41) is 0.960. The molecule has 1 aliphatic heterocycles. The Morgan fingerprint density at radius 3 is 2.63 bits per heavy atom. The molecule has 0 atom stereocenters. The van der Waals surface area contributed by atoms with Crippen LogP contribution in [0.15, 0.2) is 47.6 Å². The first-order valence-electron chi connectivity index (χ1n) is 9.13. The Balaban J connectivity index is 1.54. The van der Waals surface area contributed by atoms with Crippen molar-refractivity contribution in [3.8, 4) is 0 Å². The minimum absolute atomic E-state index is 0.0651. The zero-order valence-electron chi connectivity index (χ0n) is 15.6. The van der Waals surface area contributed by atoms with E-state index in [1.54, 1.807) is 11.8 Å². The van der Waals surface area contributed by atoms with Crippen LogP contribution in [0.25, 0.3) is 11.0 Å². The predicted molar refractivity (Wildman–Crippen MR) is 108 cm³/mol. The summed E-state index contributed by atoms with van der Waals surface area (Å²) in [6, 6.07) is 14.4. The first-order valence-corrected chi connectivity index (χ1v) is 10.1. The van der Waals surface area contributed by atoms with Crippen molar-refractivity contribution in [2.24, 2.45) is 7.05 Å². The van der Waals surface area contributed by atoms with Gasteiger partial charge < -0.3 is 14.2 Å². The van der Waals surface area contributed by atoms with Crippen LogP contribution in [0.5, 0.6) is 0 Å². The molecule has 4 rings (SSSR count). The Morgan fingerprint density at radius 2 is 1.89 bits per heavy atom. The summed E-state index contributed by atoms with van der Waals surface area (Å²) in [5.41, 5.74) is 5.16. The van der Waals surface area contributed by atoms with E-state index in [0.717, 1.165) is 21.9 Å². The molecule has 140 valence electrons. The van der Waals surface area contributed by atoms with Crippen molar-refractivity contribution in [2.45, 2.75) is 17.8 Å². The summed E-state index contributed by atoms with van der Waals surface area (Å²) in [4.78, 5) is 19.3. The Hall–Kier alpha value is -2.31. The highest BCUT2D eigenvalue weighted by molar-refractivity contribution is 7.98. The molecule has 0 aliphatic carbocycles. The molecule has 27 heavy (non-hydrogen) atoms. The number of imidazole rings is 1. The number of rotatable bonds is 4. The molecule has 0 unspecified atom stereocenters. The number of carbonyl (C=O) groups is 1. The van der Waals surface area contributed by atoms with Crippen molar-refractivity contribution in [3.63, 3.8) is 0 Å². The average Bonchev–Trinajstić information content (AvgIpc) is 3.03. The van der Waals surface area contributed by atoms with E-state index in [-0.39, 0.29) is 5.91 Å². The summed E-state index contributed by atoms with van der Waals surface area (Å²) in [6.45, 7) is 4.62. The fraction of sp³-hybridized carbons (Fsp3) is 0.333. The Labute approximate surface area is 163 Å². The van der Waals surface area contributed by atoms with E-state index in [4.69, 9.17) is 9.72 Å². The maximum Gasteiger partial charge on any atom is 0.254 e. The van der Waals surface area contributed by atoms with Crippen molar-refractivity contribution < 1.29 is 9.53 Å². The SMILES string of the molecule is Cc1ccc(CSc2nc3ccc(C(=O)N4CCOCC4)cc3n2C)cc1. The number of fused-ring (bicyclic) bond motifs is 1. The van der Waals surface area contributed by atoms with Crippen LogP contribution >= 0.6 is 11.8 Å². The molecule has 0 bridgehead atoms. The number of morpholine rings is 1. The van der Waals surface area contributed by atoms with Crippen LogP contribution in [0.4, 0.5) is 0 Å². The second kappa shape index (κ2) is 7.74. The highest BCUT2D eigenvalue weighted by Gasteiger charge is 2.19. The fourth-order valence-electron chi connectivity index (χ4n) is 3.21. The molecule has 2 aromatic carbocycles. The van der Waals surface area contributed by atoms with Crippen molar-refractivity contribution in [3.05, 3.63) is 59.2 Å². The zero-order chi connectivity index (χ0) is 18.8. The van der Waals surface area contributed by atoms with Gasteiger partial charge in [0.2, 0.25) is 0 Å². The number of hydrogen-bond acceptors (Lipinski definition) is 4. The molecule has 2 heterocycles. The van der Waals surface area contributed by atoms with Crippen LogP contribution < -0.4 is 0 Å². The molecule has 5 nitrogen and oxygen atoms in total. The van der Waals surface area contributed by atoms with Crippen molar-refractivity contribution in [1.82, 2.24) is 14.5 Å². The molecule has 0 saturated carbocycles. The maximum absolute atomic E-state index is 12.7. The number of thioether (sulfide) groups is 1. The van der Waals surface area contributed by atoms with E-state index >= 15 is 0 Å². The normalized spacial score (nSPS) is 14.7. The zero-order valence-corrected chi connectivity index (χ0v) is 16.5. The number of amides is 1. The summed E-state index contributed by atoms with van der Waals surface area (Å²) in [5.74, 6) is 0.937. The summed E-state index contributed by atoms with van der Waals surface area (Å²) in [6.07, 6.45) is 0. The molecule has 0 N–H and O–H groups in total. The maximum atomic E-state index is 12.7. The van der Waals surface area contributed by atoms with Crippen molar-refractivity contribution in [2.75, 3.05) is 26.3 Å². The van der Waals surface area contributed by atoms with Gasteiger partial charge in [-0.25, -0.2) is 4.98 Å². The molecule has 1 aliphatic rings. The van der Waals surface area contributed by atoms with E-state index in [0.29, 0.717) is 31.9 Å². The van der Waals surface area contributed by atoms with Gasteiger partial charge in [-0.1, -0.05) is 41.6 Å². The highest BCUT2D eigenvalue weighted by Crippen LogP contribution is 2.27. The lowest BCUT2D eigenvalue weighted by Gasteiger charge is -2.26. The molecule has 1 aromatic heterocycles. The predicted octanol–water partition coefficient (Wildman–Crippen LogP) is 3.65. The lowest BCUT2D eigenvalue weighted by molar-refractivity contribution is 0.0303. The molecule has 1 fully saturated rings. The summed E-state index contributed by atoms with van der Waals surface area (Å²) in [7, 11) is 2.01. The summed E-state index contributed by atoms with van der Waals surface area (Å²) < 4.78 is 7.41. The van der Waals surface area contributed by atoms with E-state index in [2.05, 4.69) is 35.8 Å². The largest absolute Gasteiger partial charge is 0.378 e. The van der Waals surface area contributed by atoms with Gasteiger partial charge in [-0.15, -0.1) is 0 Å². The first kappa shape index (κ1) is 18.1. The van der Waals surface area contributed by atoms with Crippen LogP contribution in [0.1, 0.15) is 21.5 Å². The van der Waals surface area contributed by atoms with E-state index in [9.17, 15) is 4.79 Å². The van der Waals surface area contributed by atoms with E-state index < -0.39 is 0 Å². The molecular weight excluding hydrogens is 358 g/mol. The number of aryl methyl sites for hydroxylation is 2. The first-order chi connectivity index (χ1) is 13.1. The number of nitrogens with zero attached hydrogens (tertiary/aromatic N) is 3. The highest BCUT2D eigenvalue weighted by atomic mass is 32.2. The quantitative estimate of drug-likeness (QED) is 0.647. The van der Waals surface area contributed by atoms with E-state index in [1.165, 1.54) is 11.1 Å². The third-order valence-corrected chi connectivity index (χ3v) is 5.97.